The first-order chi connectivity index (χ1) is 15.2. The Morgan fingerprint density at radius 2 is 1.97 bits per heavy atom. The molecule has 3 heterocycles. The van der Waals surface area contributed by atoms with E-state index in [2.05, 4.69) is 4.74 Å². The van der Waals surface area contributed by atoms with Crippen molar-refractivity contribution in [2.45, 2.75) is 48.4 Å². The van der Waals surface area contributed by atoms with E-state index in [1.165, 1.54) is 0 Å². The minimum atomic E-state index is -6.63. The van der Waals surface area contributed by atoms with E-state index in [-0.39, 0.29) is 24.2 Å². The molecule has 3 aliphatic rings. The smallest absolute Gasteiger partial charge is 0.396 e. The summed E-state index contributed by atoms with van der Waals surface area (Å²) in [6.07, 6.45) is -3.72. The molecule has 182 valence electrons. The first kappa shape index (κ1) is 24.4. The lowest BCUT2D eigenvalue weighted by atomic mass is 9.84. The standard InChI is InChI=1S/C18H15F4IO9S/c19-17(20,18(21,22)33(26,27)28)3-4-29-14(24)10-6-13-16(7-12(10)30-13)31-11-2-1-8(23)5-9(11)15(25)32-16/h1-2,5,10,12-13H,3-4,6-7H2,(H,26,27,28)/p-1. The summed E-state index contributed by atoms with van der Waals surface area (Å²) in [6, 6.07) is 4.89. The molecule has 0 amide bonds. The number of benzene rings is 1. The number of hydrogen-bond acceptors (Lipinski definition) is 9. The largest absolute Gasteiger partial charge is 0.743 e. The Labute approximate surface area is 197 Å². The Hall–Kier alpha value is -1.72. The molecular weight excluding hydrogens is 595 g/mol. The van der Waals surface area contributed by atoms with Crippen molar-refractivity contribution in [1.82, 2.24) is 0 Å². The van der Waals surface area contributed by atoms with Crippen molar-refractivity contribution in [3.63, 3.8) is 0 Å². The zero-order chi connectivity index (χ0) is 24.4. The summed E-state index contributed by atoms with van der Waals surface area (Å²) in [5.41, 5.74) is 0.226. The predicted molar refractivity (Wildman–Crippen MR) is 104 cm³/mol. The molecule has 1 spiro atoms. The van der Waals surface area contributed by atoms with E-state index in [0.717, 1.165) is 3.57 Å². The van der Waals surface area contributed by atoms with Gasteiger partial charge >= 0.3 is 23.1 Å². The molecule has 15 heteroatoms. The van der Waals surface area contributed by atoms with Gasteiger partial charge in [-0.25, -0.2) is 13.2 Å². The van der Waals surface area contributed by atoms with Gasteiger partial charge < -0.3 is 23.5 Å². The molecular formula is C18H14F4IO9S-. The first-order valence-corrected chi connectivity index (χ1v) is 11.9. The van der Waals surface area contributed by atoms with Gasteiger partial charge in [-0.15, -0.1) is 0 Å². The van der Waals surface area contributed by atoms with Crippen molar-refractivity contribution in [2.75, 3.05) is 6.61 Å². The zero-order valence-electron chi connectivity index (χ0n) is 16.3. The number of rotatable bonds is 6. The lowest BCUT2D eigenvalue weighted by Crippen LogP contribution is -2.53. The van der Waals surface area contributed by atoms with E-state index in [1.807, 2.05) is 22.6 Å². The summed E-state index contributed by atoms with van der Waals surface area (Å²) >= 11 is 2.01. The van der Waals surface area contributed by atoms with Gasteiger partial charge in [-0.05, 0) is 47.2 Å². The van der Waals surface area contributed by atoms with Gasteiger partial charge in [0.1, 0.15) is 17.4 Å². The molecule has 4 unspecified atom stereocenters. The van der Waals surface area contributed by atoms with Crippen molar-refractivity contribution < 1.29 is 59.1 Å². The van der Waals surface area contributed by atoms with E-state index < -0.39 is 70.2 Å². The molecule has 9 nitrogen and oxygen atoms in total. The highest BCUT2D eigenvalue weighted by molar-refractivity contribution is 14.1. The van der Waals surface area contributed by atoms with Crippen LogP contribution in [0, 0.1) is 9.49 Å². The average molecular weight is 609 g/mol. The van der Waals surface area contributed by atoms with Gasteiger partial charge in [0.15, 0.2) is 10.1 Å². The van der Waals surface area contributed by atoms with E-state index in [9.17, 15) is 40.1 Å². The SMILES string of the molecule is O=C1OC2(CC3OC2CC3C(=O)OCCC(F)(F)C(F)(F)S(=O)(=O)[O-])Oc2ccc(I)cc21. The Bertz CT molecular complexity index is 1110. The number of esters is 2. The van der Waals surface area contributed by atoms with Crippen LogP contribution in [0.15, 0.2) is 18.2 Å². The summed E-state index contributed by atoms with van der Waals surface area (Å²) in [5, 5.41) is -5.86. The average Bonchev–Trinajstić information content (AvgIpc) is 3.25. The number of carbonyl (C=O) groups is 2. The Morgan fingerprint density at radius 3 is 2.58 bits per heavy atom. The lowest BCUT2D eigenvalue weighted by molar-refractivity contribution is -0.187. The fourth-order valence-electron chi connectivity index (χ4n) is 3.98. The van der Waals surface area contributed by atoms with Crippen LogP contribution >= 0.6 is 22.6 Å². The van der Waals surface area contributed by atoms with Gasteiger partial charge in [0, 0.05) is 3.57 Å². The molecule has 2 saturated heterocycles. The van der Waals surface area contributed by atoms with Crippen LogP contribution in [0.1, 0.15) is 29.6 Å². The number of carbonyl (C=O) groups excluding carboxylic acids is 2. The second-order valence-electron chi connectivity index (χ2n) is 7.75. The number of halogens is 5. The highest BCUT2D eigenvalue weighted by Crippen LogP contribution is 2.51. The maximum absolute atomic E-state index is 13.5. The van der Waals surface area contributed by atoms with Crippen molar-refractivity contribution in [3.05, 3.63) is 27.3 Å². The molecule has 0 aromatic heterocycles. The lowest BCUT2D eigenvalue weighted by Gasteiger charge is -2.39. The first-order valence-electron chi connectivity index (χ1n) is 9.42. The Morgan fingerprint density at radius 1 is 1.27 bits per heavy atom. The summed E-state index contributed by atoms with van der Waals surface area (Å²) in [4.78, 5) is 24.7. The third kappa shape index (κ3) is 4.05. The van der Waals surface area contributed by atoms with Crippen molar-refractivity contribution in [3.8, 4) is 5.75 Å². The molecule has 0 saturated carbocycles. The number of ether oxygens (including phenoxy) is 4. The van der Waals surface area contributed by atoms with Crippen LogP contribution in [0.2, 0.25) is 0 Å². The van der Waals surface area contributed by atoms with Gasteiger partial charge in [0.05, 0.1) is 31.5 Å². The molecule has 4 atom stereocenters. The molecule has 1 aromatic carbocycles. The second kappa shape index (κ2) is 7.91. The molecule has 0 radical (unpaired) electrons. The maximum Gasteiger partial charge on any atom is 0.396 e. The van der Waals surface area contributed by atoms with Gasteiger partial charge in [0.2, 0.25) is 0 Å². The molecule has 3 aliphatic heterocycles. The van der Waals surface area contributed by atoms with Crippen molar-refractivity contribution >= 4 is 44.6 Å². The maximum atomic E-state index is 13.5. The minimum Gasteiger partial charge on any atom is -0.743 e. The van der Waals surface area contributed by atoms with E-state index in [0.29, 0.717) is 0 Å². The summed E-state index contributed by atoms with van der Waals surface area (Å²) in [6.45, 7) is -1.26. The highest BCUT2D eigenvalue weighted by Gasteiger charge is 2.65. The third-order valence-corrected chi connectivity index (χ3v) is 7.24. The van der Waals surface area contributed by atoms with Gasteiger partial charge in [-0.2, -0.15) is 17.6 Å². The normalized spacial score (nSPS) is 28.9. The molecule has 4 rings (SSSR count). The van der Waals surface area contributed by atoms with Crippen LogP contribution in [0.3, 0.4) is 0 Å². The molecule has 2 bridgehead atoms. The fraction of sp³-hybridized carbons (Fsp3) is 0.556. The summed E-state index contributed by atoms with van der Waals surface area (Å²) < 4.78 is 107. The zero-order valence-corrected chi connectivity index (χ0v) is 19.2. The van der Waals surface area contributed by atoms with Crippen LogP contribution in [0.25, 0.3) is 0 Å². The monoisotopic (exact) mass is 609 g/mol. The molecule has 0 aliphatic carbocycles. The van der Waals surface area contributed by atoms with Crippen LogP contribution in [0.5, 0.6) is 5.75 Å². The van der Waals surface area contributed by atoms with E-state index in [1.54, 1.807) is 18.2 Å². The molecule has 1 aromatic rings. The number of alkyl halides is 4. The molecule has 2 fully saturated rings. The fourth-order valence-corrected chi connectivity index (χ4v) is 4.94. The van der Waals surface area contributed by atoms with Gasteiger partial charge in [-0.3, -0.25) is 4.79 Å². The number of hydrogen-bond donors (Lipinski definition) is 0. The van der Waals surface area contributed by atoms with Crippen molar-refractivity contribution in [2.24, 2.45) is 5.92 Å². The van der Waals surface area contributed by atoms with Gasteiger partial charge in [-0.1, -0.05) is 0 Å². The topological polar surface area (TPSA) is 128 Å². The minimum absolute atomic E-state index is 0.0576. The third-order valence-electron chi connectivity index (χ3n) is 5.64. The summed E-state index contributed by atoms with van der Waals surface area (Å²) in [5.74, 6) is -9.09. The second-order valence-corrected chi connectivity index (χ2v) is 10.4. The van der Waals surface area contributed by atoms with Crippen LogP contribution in [-0.2, 0) is 29.1 Å². The Balaban J connectivity index is 1.36. The molecule has 0 N–H and O–H groups in total. The highest BCUT2D eigenvalue weighted by atomic mass is 127. The van der Waals surface area contributed by atoms with Crippen LogP contribution < -0.4 is 4.74 Å². The van der Waals surface area contributed by atoms with Crippen molar-refractivity contribution in [1.29, 1.82) is 0 Å². The van der Waals surface area contributed by atoms with E-state index >= 15 is 0 Å². The van der Waals surface area contributed by atoms with Crippen LogP contribution in [-0.4, -0.2) is 60.7 Å². The van der Waals surface area contributed by atoms with E-state index in [4.69, 9.17) is 14.2 Å². The molecule has 33 heavy (non-hydrogen) atoms. The quantitative estimate of drug-likeness (QED) is 0.207. The van der Waals surface area contributed by atoms with Crippen LogP contribution in [0.4, 0.5) is 17.6 Å². The van der Waals surface area contributed by atoms with Gasteiger partial charge in [0.25, 0.3) is 5.79 Å². The predicted octanol–water partition coefficient (Wildman–Crippen LogP) is 2.42. The summed E-state index contributed by atoms with van der Waals surface area (Å²) in [7, 11) is -6.63. The Kier molecular flexibility index (Phi) is 5.85. The number of fused-ring (bicyclic) bond motifs is 4.